The van der Waals surface area contributed by atoms with E-state index in [9.17, 15) is 44.2 Å². The number of carbonyl (C=O) groups excluding carboxylic acids is 4. The Balaban J connectivity index is 2.41. The molecule has 6 N–H and O–H groups in total. The lowest BCUT2D eigenvalue weighted by atomic mass is 9.99. The van der Waals surface area contributed by atoms with Crippen LogP contribution in [0.5, 0.6) is 0 Å². The first-order chi connectivity index (χ1) is 33.4. The third-order valence-electron chi connectivity index (χ3n) is 11.5. The molecular weight excluding hydrogens is 916 g/mol. The van der Waals surface area contributed by atoms with Crippen LogP contribution in [0.4, 0.5) is 0 Å². The second-order valence-electron chi connectivity index (χ2n) is 17.6. The van der Waals surface area contributed by atoms with Gasteiger partial charge in [0.1, 0.15) is 31.0 Å². The fraction of sp³-hybridized carbons (Fsp3) is 0.840. The molecule has 0 spiro atoms. The predicted molar refractivity (Wildman–Crippen MR) is 263 cm³/mol. The van der Waals surface area contributed by atoms with E-state index in [4.69, 9.17) is 32.5 Å². The molecule has 1 heterocycles. The van der Waals surface area contributed by atoms with Gasteiger partial charge in [0.15, 0.2) is 12.4 Å². The van der Waals surface area contributed by atoms with Crippen LogP contribution in [0.15, 0.2) is 24.3 Å². The van der Waals surface area contributed by atoms with Gasteiger partial charge in [0.2, 0.25) is 11.8 Å². The zero-order chi connectivity index (χ0) is 50.8. The smallest absolute Gasteiger partial charge is 0.462 e. The van der Waals surface area contributed by atoms with Crippen molar-refractivity contribution in [3.05, 3.63) is 24.3 Å². The summed E-state index contributed by atoms with van der Waals surface area (Å²) < 4.78 is 50.9. The Bertz CT molecular complexity index is 1430. The average Bonchev–Trinajstić information content (AvgIpc) is 3.34. The van der Waals surface area contributed by atoms with Gasteiger partial charge < -0.3 is 50.0 Å². The van der Waals surface area contributed by atoms with Gasteiger partial charge in [-0.3, -0.25) is 32.7 Å². The third kappa shape index (κ3) is 34.3. The van der Waals surface area contributed by atoms with Crippen molar-refractivity contribution in [2.75, 3.05) is 53.2 Å². The molecule has 1 aliphatic heterocycles. The standard InChI is InChI=1S/C50H91N2O16P/c1-4-6-8-10-12-14-15-16-17-18-19-20-22-24-26-33-46(57)67-41(39-64-45(56)32-25-23-21-13-11-9-7-5-2)40-66-69(61,62-3)65-37-35-52-44(55)31-28-27-30-43(54)51-34-29-36-63-50-49(60)48(59)47(58)42(38-53)68-50/h5,7,16-17,41-42,47-50,53,58-60H,4,6,8-15,18-40H2,1-3H3,(H,51,54)(H,52,55)/b7-5-,17-16-/t41-,42?,47+,48+,49?,50-,69?/m1/s1. The summed E-state index contributed by atoms with van der Waals surface area (Å²) in [5.74, 6) is -1.44. The molecule has 7 atom stereocenters. The number of amides is 2. The molecule has 0 saturated carbocycles. The summed E-state index contributed by atoms with van der Waals surface area (Å²) in [6, 6.07) is 0. The van der Waals surface area contributed by atoms with Gasteiger partial charge in [-0.2, -0.15) is 0 Å². The van der Waals surface area contributed by atoms with Crippen molar-refractivity contribution in [1.82, 2.24) is 10.6 Å². The van der Waals surface area contributed by atoms with Crippen LogP contribution in [0.2, 0.25) is 0 Å². The molecule has 19 heteroatoms. The SMILES string of the molecule is C/C=C\CCCCCCCC(=O)OC[C@H](COP(=O)(OC)OCCNC(=O)CCCCC(=O)NCCCO[C@@H]1OC(CO)[C@H](O)[C@H](O)C1O)OC(=O)CCCCCCC/C=C\CCCCCCCC. The molecule has 3 unspecified atom stereocenters. The number of hydrogen-bond donors (Lipinski definition) is 6. The van der Waals surface area contributed by atoms with E-state index in [0.29, 0.717) is 32.1 Å². The first-order valence-electron chi connectivity index (χ1n) is 25.9. The van der Waals surface area contributed by atoms with Crippen LogP contribution < -0.4 is 10.6 Å². The minimum Gasteiger partial charge on any atom is -0.462 e. The molecule has 1 saturated heterocycles. The van der Waals surface area contributed by atoms with Crippen molar-refractivity contribution < 1.29 is 76.7 Å². The molecule has 0 radical (unpaired) electrons. The van der Waals surface area contributed by atoms with Crippen LogP contribution in [0.25, 0.3) is 0 Å². The molecule has 1 rings (SSSR count). The highest BCUT2D eigenvalue weighted by atomic mass is 31.2. The molecule has 0 aromatic rings. The molecule has 69 heavy (non-hydrogen) atoms. The van der Waals surface area contributed by atoms with Gasteiger partial charge in [0.25, 0.3) is 0 Å². The average molecular weight is 1010 g/mol. The molecule has 0 bridgehead atoms. The molecule has 2 amide bonds. The summed E-state index contributed by atoms with van der Waals surface area (Å²) >= 11 is 0. The number of nitrogens with one attached hydrogen (secondary N) is 2. The maximum Gasteiger partial charge on any atom is 0.474 e. The number of phosphoric ester groups is 1. The lowest BCUT2D eigenvalue weighted by Crippen LogP contribution is -2.59. The third-order valence-corrected chi connectivity index (χ3v) is 12.9. The van der Waals surface area contributed by atoms with Crippen molar-refractivity contribution in [3.63, 3.8) is 0 Å². The van der Waals surface area contributed by atoms with Crippen LogP contribution in [-0.4, -0.2) is 134 Å². The Labute approximate surface area is 413 Å². The van der Waals surface area contributed by atoms with Gasteiger partial charge >= 0.3 is 19.8 Å². The number of carbonyl (C=O) groups is 4. The largest absolute Gasteiger partial charge is 0.474 e. The molecule has 18 nitrogen and oxygen atoms in total. The summed E-state index contributed by atoms with van der Waals surface area (Å²) in [5, 5.41) is 44.4. The summed E-state index contributed by atoms with van der Waals surface area (Å²) in [5.41, 5.74) is 0. The van der Waals surface area contributed by atoms with E-state index in [0.717, 1.165) is 77.7 Å². The van der Waals surface area contributed by atoms with E-state index in [1.807, 2.05) is 13.0 Å². The monoisotopic (exact) mass is 1010 g/mol. The van der Waals surface area contributed by atoms with E-state index >= 15 is 0 Å². The summed E-state index contributed by atoms with van der Waals surface area (Å²) in [4.78, 5) is 50.0. The molecule has 1 aliphatic rings. The molecule has 402 valence electrons. The van der Waals surface area contributed by atoms with Gasteiger partial charge in [0, 0.05) is 45.9 Å². The second-order valence-corrected chi connectivity index (χ2v) is 19.4. The van der Waals surface area contributed by atoms with Crippen LogP contribution in [0.1, 0.15) is 181 Å². The molecule has 0 aromatic heterocycles. The predicted octanol–water partition coefficient (Wildman–Crippen LogP) is 7.57. The van der Waals surface area contributed by atoms with Crippen molar-refractivity contribution in [3.8, 4) is 0 Å². The number of hydrogen-bond acceptors (Lipinski definition) is 16. The molecule has 1 fully saturated rings. The summed E-state index contributed by atoms with van der Waals surface area (Å²) in [6.07, 6.45) is 23.5. The maximum absolute atomic E-state index is 13.3. The molecular formula is C50H91N2O16P. The Morgan fingerprint density at radius 3 is 1.74 bits per heavy atom. The van der Waals surface area contributed by atoms with E-state index in [-0.39, 0.29) is 70.4 Å². The Hall–Kier alpha value is -2.77. The number of rotatable bonds is 45. The Kier molecular flexibility index (Phi) is 39.9. The van der Waals surface area contributed by atoms with E-state index in [2.05, 4.69) is 35.8 Å². The van der Waals surface area contributed by atoms with Crippen LogP contribution in [0, 0.1) is 0 Å². The normalized spacial score (nSPS) is 19.7. The number of ether oxygens (including phenoxy) is 4. The minimum atomic E-state index is -4.15. The topological polar surface area (TPSA) is 255 Å². The first-order valence-corrected chi connectivity index (χ1v) is 27.4. The number of phosphoric acid groups is 1. The van der Waals surface area contributed by atoms with Crippen molar-refractivity contribution in [2.24, 2.45) is 0 Å². The Morgan fingerprint density at radius 2 is 1.16 bits per heavy atom. The second kappa shape index (κ2) is 42.9. The lowest BCUT2D eigenvalue weighted by molar-refractivity contribution is -0.301. The van der Waals surface area contributed by atoms with E-state index < -0.39 is 69.8 Å². The van der Waals surface area contributed by atoms with Gasteiger partial charge in [0.05, 0.1) is 26.4 Å². The fourth-order valence-corrected chi connectivity index (χ4v) is 8.25. The van der Waals surface area contributed by atoms with Crippen LogP contribution in [-0.2, 0) is 56.3 Å². The summed E-state index contributed by atoms with van der Waals surface area (Å²) in [6.45, 7) is 3.08. The first kappa shape index (κ1) is 64.2. The highest BCUT2D eigenvalue weighted by Crippen LogP contribution is 2.48. The van der Waals surface area contributed by atoms with Crippen molar-refractivity contribution in [1.29, 1.82) is 0 Å². The molecule has 0 aromatic carbocycles. The highest BCUT2D eigenvalue weighted by Gasteiger charge is 2.44. The van der Waals surface area contributed by atoms with E-state index in [1.54, 1.807) is 0 Å². The van der Waals surface area contributed by atoms with Crippen LogP contribution in [0.3, 0.4) is 0 Å². The van der Waals surface area contributed by atoms with Gasteiger partial charge in [-0.15, -0.1) is 0 Å². The van der Waals surface area contributed by atoms with E-state index in [1.165, 1.54) is 38.5 Å². The Morgan fingerprint density at radius 1 is 0.623 bits per heavy atom. The minimum absolute atomic E-state index is 0.0109. The number of esters is 2. The van der Waals surface area contributed by atoms with Crippen molar-refractivity contribution >= 4 is 31.6 Å². The van der Waals surface area contributed by atoms with Gasteiger partial charge in [-0.05, 0) is 77.6 Å². The van der Waals surface area contributed by atoms with Gasteiger partial charge in [-0.25, -0.2) is 4.57 Å². The lowest BCUT2D eigenvalue weighted by Gasteiger charge is -2.39. The van der Waals surface area contributed by atoms with Crippen molar-refractivity contribution in [2.45, 2.75) is 218 Å². The quantitative estimate of drug-likeness (QED) is 0.0149. The number of allylic oxidation sites excluding steroid dienone is 4. The fourth-order valence-electron chi connectivity index (χ4n) is 7.31. The summed E-state index contributed by atoms with van der Waals surface area (Å²) in [7, 11) is -3.01. The van der Waals surface area contributed by atoms with Crippen LogP contribution >= 0.6 is 7.82 Å². The zero-order valence-electron chi connectivity index (χ0n) is 42.2. The van der Waals surface area contributed by atoms with Gasteiger partial charge in [-0.1, -0.05) is 102 Å². The maximum atomic E-state index is 13.3. The number of aliphatic hydroxyl groups is 4. The zero-order valence-corrected chi connectivity index (χ0v) is 43.1. The number of aliphatic hydroxyl groups excluding tert-OH is 4. The molecule has 0 aliphatic carbocycles. The highest BCUT2D eigenvalue weighted by molar-refractivity contribution is 7.48. The number of unbranched alkanes of at least 4 members (excludes halogenated alkanes) is 17.